The van der Waals surface area contributed by atoms with Gasteiger partial charge >= 0.3 is 0 Å². The third-order valence-corrected chi connectivity index (χ3v) is 6.56. The fourth-order valence-electron chi connectivity index (χ4n) is 3.28. The Morgan fingerprint density at radius 1 is 1.25 bits per heavy atom. The molecule has 2 rings (SSSR count). The maximum absolute atomic E-state index is 12.8. The van der Waals surface area contributed by atoms with Crippen molar-refractivity contribution in [1.82, 2.24) is 19.8 Å². The smallest absolute Gasteiger partial charge is 0.251 e. The van der Waals surface area contributed by atoms with Crippen LogP contribution in [0.1, 0.15) is 38.1 Å². The summed E-state index contributed by atoms with van der Waals surface area (Å²) in [4.78, 5) is 26.3. The van der Waals surface area contributed by atoms with E-state index in [-0.39, 0.29) is 41.9 Å². The molecule has 0 atom stereocenters. The van der Waals surface area contributed by atoms with Gasteiger partial charge in [0.1, 0.15) is 0 Å². The number of carbonyl (C=O) groups excluding carboxylic acids is 2. The molecule has 28 heavy (non-hydrogen) atoms. The molecule has 0 aromatic heterocycles. The van der Waals surface area contributed by atoms with Crippen LogP contribution in [-0.2, 0) is 14.8 Å². The average molecular weight is 411 g/mol. The van der Waals surface area contributed by atoms with Crippen molar-refractivity contribution in [2.45, 2.75) is 44.7 Å². The molecular formula is C19H30N4O4S. The molecule has 9 heteroatoms. The van der Waals surface area contributed by atoms with Crippen LogP contribution in [0.2, 0.25) is 0 Å². The van der Waals surface area contributed by atoms with Crippen molar-refractivity contribution in [2.75, 3.05) is 32.7 Å². The normalized spacial score (nSPS) is 15.9. The van der Waals surface area contributed by atoms with E-state index in [4.69, 9.17) is 0 Å². The molecule has 0 bridgehead atoms. The maximum Gasteiger partial charge on any atom is 0.251 e. The number of sulfonamides is 1. The molecule has 1 heterocycles. The van der Waals surface area contributed by atoms with Crippen molar-refractivity contribution in [2.24, 2.45) is 0 Å². The van der Waals surface area contributed by atoms with E-state index in [1.165, 1.54) is 12.1 Å². The van der Waals surface area contributed by atoms with Crippen molar-refractivity contribution >= 4 is 21.8 Å². The lowest BCUT2D eigenvalue weighted by atomic mass is 10.2. The summed E-state index contributed by atoms with van der Waals surface area (Å²) < 4.78 is 26.7. The highest BCUT2D eigenvalue weighted by atomic mass is 32.2. The van der Waals surface area contributed by atoms with Crippen LogP contribution in [0.15, 0.2) is 29.2 Å². The van der Waals surface area contributed by atoms with Crippen LogP contribution in [0.25, 0.3) is 0 Å². The van der Waals surface area contributed by atoms with Gasteiger partial charge in [-0.15, -0.1) is 0 Å². The van der Waals surface area contributed by atoms with E-state index in [1.54, 1.807) is 12.1 Å². The average Bonchev–Trinajstić information content (AvgIpc) is 2.64. The second-order valence-electron chi connectivity index (χ2n) is 7.40. The predicted molar refractivity (Wildman–Crippen MR) is 108 cm³/mol. The molecule has 156 valence electrons. The number of hydrogen-bond acceptors (Lipinski definition) is 5. The van der Waals surface area contributed by atoms with Crippen LogP contribution in [0.3, 0.4) is 0 Å². The third-order valence-electron chi connectivity index (χ3n) is 4.72. The van der Waals surface area contributed by atoms with Gasteiger partial charge in [-0.3, -0.25) is 14.5 Å². The van der Waals surface area contributed by atoms with Gasteiger partial charge in [-0.2, -0.15) is 4.31 Å². The molecule has 8 nitrogen and oxygen atoms in total. The lowest BCUT2D eigenvalue weighted by Crippen LogP contribution is -2.49. The summed E-state index contributed by atoms with van der Waals surface area (Å²) >= 11 is 0. The first kappa shape index (κ1) is 22.3. The highest BCUT2D eigenvalue weighted by Gasteiger charge is 2.29. The Labute approximate surface area is 167 Å². The Morgan fingerprint density at radius 3 is 2.54 bits per heavy atom. The highest BCUT2D eigenvalue weighted by molar-refractivity contribution is 7.89. The quantitative estimate of drug-likeness (QED) is 0.656. The SMILES string of the molecule is CC(C)N(CCNC(=O)c1cccc(S(=O)(=O)N2CCNC(=O)C2)c1)C(C)C. The zero-order chi connectivity index (χ0) is 20.9. The Morgan fingerprint density at radius 2 is 1.93 bits per heavy atom. The molecule has 1 aromatic carbocycles. The molecule has 2 amide bonds. The van der Waals surface area contributed by atoms with Crippen LogP contribution in [-0.4, -0.2) is 74.2 Å². The summed E-state index contributed by atoms with van der Waals surface area (Å²) in [7, 11) is -3.82. The van der Waals surface area contributed by atoms with Crippen LogP contribution >= 0.6 is 0 Å². The number of benzene rings is 1. The zero-order valence-electron chi connectivity index (χ0n) is 16.9. The van der Waals surface area contributed by atoms with E-state index in [2.05, 4.69) is 43.2 Å². The molecule has 0 spiro atoms. The van der Waals surface area contributed by atoms with E-state index in [9.17, 15) is 18.0 Å². The molecular weight excluding hydrogens is 380 g/mol. The fourth-order valence-corrected chi connectivity index (χ4v) is 4.72. The Balaban J connectivity index is 2.05. The van der Waals surface area contributed by atoms with Gasteiger partial charge in [0.2, 0.25) is 15.9 Å². The molecule has 1 aromatic rings. The molecule has 1 saturated heterocycles. The molecule has 1 aliphatic heterocycles. The van der Waals surface area contributed by atoms with Crippen molar-refractivity contribution in [3.8, 4) is 0 Å². The monoisotopic (exact) mass is 410 g/mol. The van der Waals surface area contributed by atoms with Gasteiger partial charge in [0.15, 0.2) is 0 Å². The summed E-state index contributed by atoms with van der Waals surface area (Å²) in [5.74, 6) is -0.649. The van der Waals surface area contributed by atoms with Gasteiger partial charge < -0.3 is 10.6 Å². The van der Waals surface area contributed by atoms with Crippen LogP contribution in [0.5, 0.6) is 0 Å². The molecule has 0 radical (unpaired) electrons. The van der Waals surface area contributed by atoms with Gasteiger partial charge in [-0.25, -0.2) is 8.42 Å². The molecule has 1 aliphatic rings. The van der Waals surface area contributed by atoms with Gasteiger partial charge in [-0.05, 0) is 45.9 Å². The summed E-state index contributed by atoms with van der Waals surface area (Å²) in [6.07, 6.45) is 0. The molecule has 2 N–H and O–H groups in total. The Bertz CT molecular complexity index is 800. The van der Waals surface area contributed by atoms with E-state index in [0.717, 1.165) is 4.31 Å². The predicted octanol–water partition coefficient (Wildman–Crippen LogP) is 0.656. The van der Waals surface area contributed by atoms with E-state index in [1.807, 2.05) is 0 Å². The highest BCUT2D eigenvalue weighted by Crippen LogP contribution is 2.18. The van der Waals surface area contributed by atoms with Crippen molar-refractivity contribution < 1.29 is 18.0 Å². The largest absolute Gasteiger partial charge is 0.354 e. The van der Waals surface area contributed by atoms with E-state index >= 15 is 0 Å². The van der Waals surface area contributed by atoms with Crippen LogP contribution in [0.4, 0.5) is 0 Å². The second-order valence-corrected chi connectivity index (χ2v) is 9.34. The van der Waals surface area contributed by atoms with Crippen molar-refractivity contribution in [3.63, 3.8) is 0 Å². The van der Waals surface area contributed by atoms with Crippen molar-refractivity contribution in [3.05, 3.63) is 29.8 Å². The minimum atomic E-state index is -3.82. The van der Waals surface area contributed by atoms with Gasteiger partial charge in [0.25, 0.3) is 5.91 Å². The van der Waals surface area contributed by atoms with Crippen LogP contribution in [0, 0.1) is 0 Å². The first-order chi connectivity index (χ1) is 13.1. The number of hydrogen-bond donors (Lipinski definition) is 2. The summed E-state index contributed by atoms with van der Waals surface area (Å²) in [6.45, 7) is 9.90. The first-order valence-electron chi connectivity index (χ1n) is 9.53. The standard InChI is InChI=1S/C19H30N4O4S/c1-14(2)23(15(3)4)11-9-21-19(25)16-6-5-7-17(12-16)28(26,27)22-10-8-20-18(24)13-22/h5-7,12,14-15H,8-11,13H2,1-4H3,(H,20,24)(H,21,25). The Kier molecular flexibility index (Phi) is 7.56. The maximum atomic E-state index is 12.8. The first-order valence-corrected chi connectivity index (χ1v) is 11.0. The number of nitrogens with one attached hydrogen (secondary N) is 2. The van der Waals surface area contributed by atoms with E-state index in [0.29, 0.717) is 25.2 Å². The van der Waals surface area contributed by atoms with E-state index < -0.39 is 10.0 Å². The summed E-state index contributed by atoms with van der Waals surface area (Å²) in [6, 6.07) is 6.66. The third kappa shape index (κ3) is 5.52. The minimum Gasteiger partial charge on any atom is -0.354 e. The Hall–Kier alpha value is -1.97. The van der Waals surface area contributed by atoms with Crippen LogP contribution < -0.4 is 10.6 Å². The molecule has 0 aliphatic carbocycles. The summed E-state index contributed by atoms with van der Waals surface area (Å²) in [5.41, 5.74) is 0.281. The zero-order valence-corrected chi connectivity index (χ0v) is 17.8. The fraction of sp³-hybridized carbons (Fsp3) is 0.579. The number of rotatable bonds is 8. The lowest BCUT2D eigenvalue weighted by Gasteiger charge is -2.30. The number of amides is 2. The lowest BCUT2D eigenvalue weighted by molar-refractivity contribution is -0.122. The van der Waals surface area contributed by atoms with Gasteiger partial charge in [-0.1, -0.05) is 6.07 Å². The number of piperazine rings is 1. The molecule has 0 saturated carbocycles. The number of nitrogens with zero attached hydrogens (tertiary/aromatic N) is 2. The molecule has 0 unspecified atom stereocenters. The summed E-state index contributed by atoms with van der Waals surface area (Å²) in [5, 5.41) is 5.45. The second kappa shape index (κ2) is 9.49. The number of carbonyl (C=O) groups is 2. The van der Waals surface area contributed by atoms with Gasteiger partial charge in [0, 0.05) is 43.8 Å². The minimum absolute atomic E-state index is 0.0147. The molecule has 1 fully saturated rings. The topological polar surface area (TPSA) is 98.8 Å². The van der Waals surface area contributed by atoms with Gasteiger partial charge in [0.05, 0.1) is 11.4 Å². The van der Waals surface area contributed by atoms with Crippen molar-refractivity contribution in [1.29, 1.82) is 0 Å².